The Kier molecular flexibility index (Phi) is 6.49. The summed E-state index contributed by atoms with van der Waals surface area (Å²) in [5.41, 5.74) is 11.2. The number of benzene rings is 1. The van der Waals surface area contributed by atoms with Crippen LogP contribution in [0.15, 0.2) is 23.2 Å². The first-order valence-electron chi connectivity index (χ1n) is 6.25. The summed E-state index contributed by atoms with van der Waals surface area (Å²) in [6, 6.07) is 4.15. The Hall–Kier alpha value is -3.14. The smallest absolute Gasteiger partial charge is 0.337 e. The molecule has 1 amide bonds. The van der Waals surface area contributed by atoms with Crippen LogP contribution in [0.3, 0.4) is 0 Å². The molecule has 0 atom stereocenters. The number of anilines is 1. The summed E-state index contributed by atoms with van der Waals surface area (Å²) in [5, 5.41) is 10.9. The van der Waals surface area contributed by atoms with Crippen molar-refractivity contribution < 1.29 is 29.0 Å². The molecule has 1 aromatic carbocycles. The van der Waals surface area contributed by atoms with Gasteiger partial charge in [0.25, 0.3) is 0 Å². The number of methoxy groups -OCH3 is 1. The molecule has 0 aliphatic carbocycles. The zero-order valence-corrected chi connectivity index (χ0v) is 12.2. The van der Waals surface area contributed by atoms with Crippen molar-refractivity contribution >= 4 is 35.2 Å². The summed E-state index contributed by atoms with van der Waals surface area (Å²) in [4.78, 5) is 37.3. The number of carbonyl (C=O) groups is 3. The number of carboxylic acids is 1. The van der Waals surface area contributed by atoms with Gasteiger partial charge >= 0.3 is 11.9 Å². The van der Waals surface area contributed by atoms with Gasteiger partial charge in [-0.25, -0.2) is 14.6 Å². The standard InChI is InChI=1S/C13H16N4O6/c1-22-12(21)7-2-3-8(9(4-7)17-13(14)15)16-10(18)5-23-6-11(19)20/h2-4H,5-6H2,1H3,(H,16,18)(H,19,20)(H4,14,15,17). The second-order valence-corrected chi connectivity index (χ2v) is 4.19. The fourth-order valence-corrected chi connectivity index (χ4v) is 1.53. The monoisotopic (exact) mass is 324 g/mol. The van der Waals surface area contributed by atoms with Crippen LogP contribution in [-0.2, 0) is 19.1 Å². The van der Waals surface area contributed by atoms with Gasteiger partial charge in [0.15, 0.2) is 5.96 Å². The third-order valence-corrected chi connectivity index (χ3v) is 2.40. The topological polar surface area (TPSA) is 166 Å². The van der Waals surface area contributed by atoms with Crippen LogP contribution in [-0.4, -0.2) is 49.2 Å². The molecule has 0 radical (unpaired) electrons. The summed E-state index contributed by atoms with van der Waals surface area (Å²) in [6.07, 6.45) is 0. The number of rotatable bonds is 7. The number of ether oxygens (including phenoxy) is 2. The van der Waals surface area contributed by atoms with Gasteiger partial charge in [-0.05, 0) is 18.2 Å². The largest absolute Gasteiger partial charge is 0.480 e. The average molecular weight is 324 g/mol. The molecular weight excluding hydrogens is 308 g/mol. The van der Waals surface area contributed by atoms with E-state index in [-0.39, 0.29) is 22.9 Å². The molecule has 0 saturated carbocycles. The maximum absolute atomic E-state index is 11.7. The molecular formula is C13H16N4O6. The molecule has 10 heteroatoms. The third kappa shape index (κ3) is 6.01. The Balaban J connectivity index is 2.92. The van der Waals surface area contributed by atoms with Crippen LogP contribution in [0, 0.1) is 0 Å². The molecule has 10 nitrogen and oxygen atoms in total. The van der Waals surface area contributed by atoms with Crippen molar-refractivity contribution in [1.29, 1.82) is 0 Å². The van der Waals surface area contributed by atoms with Crippen molar-refractivity contribution in [3.63, 3.8) is 0 Å². The van der Waals surface area contributed by atoms with Gasteiger partial charge in [0.2, 0.25) is 5.91 Å². The molecule has 0 aliphatic rings. The predicted octanol–water partition coefficient (Wildman–Crippen LogP) is -0.582. The maximum atomic E-state index is 11.7. The number of esters is 1. The van der Waals surface area contributed by atoms with E-state index in [1.54, 1.807) is 0 Å². The van der Waals surface area contributed by atoms with Crippen LogP contribution in [0.5, 0.6) is 0 Å². The Bertz CT molecular complexity index is 639. The average Bonchev–Trinajstić information content (AvgIpc) is 2.47. The van der Waals surface area contributed by atoms with E-state index >= 15 is 0 Å². The van der Waals surface area contributed by atoms with E-state index in [4.69, 9.17) is 16.6 Å². The number of guanidine groups is 1. The van der Waals surface area contributed by atoms with Crippen LogP contribution >= 0.6 is 0 Å². The molecule has 124 valence electrons. The highest BCUT2D eigenvalue weighted by Crippen LogP contribution is 2.26. The molecule has 0 aliphatic heterocycles. The number of nitrogens with two attached hydrogens (primary N) is 2. The van der Waals surface area contributed by atoms with Crippen molar-refractivity contribution in [1.82, 2.24) is 0 Å². The first-order chi connectivity index (χ1) is 10.8. The second-order valence-electron chi connectivity index (χ2n) is 4.19. The Labute approximate surface area is 131 Å². The summed E-state index contributed by atoms with van der Waals surface area (Å²) >= 11 is 0. The number of hydrogen-bond acceptors (Lipinski definition) is 6. The SMILES string of the molecule is COC(=O)c1ccc(NC(=O)COCC(=O)O)c(N=C(N)N)c1. The van der Waals surface area contributed by atoms with E-state index in [1.807, 2.05) is 0 Å². The van der Waals surface area contributed by atoms with E-state index in [9.17, 15) is 14.4 Å². The lowest BCUT2D eigenvalue weighted by atomic mass is 10.1. The van der Waals surface area contributed by atoms with Crippen LogP contribution in [0.1, 0.15) is 10.4 Å². The minimum absolute atomic E-state index is 0.138. The van der Waals surface area contributed by atoms with Crippen molar-refractivity contribution in [2.24, 2.45) is 16.5 Å². The number of carboxylic acid groups (broad SMARTS) is 1. The van der Waals surface area contributed by atoms with Crippen molar-refractivity contribution in [3.05, 3.63) is 23.8 Å². The highest BCUT2D eigenvalue weighted by molar-refractivity contribution is 5.98. The summed E-state index contributed by atoms with van der Waals surface area (Å²) < 4.78 is 9.24. The van der Waals surface area contributed by atoms with E-state index in [2.05, 4.69) is 19.8 Å². The number of aliphatic carboxylic acids is 1. The van der Waals surface area contributed by atoms with Gasteiger partial charge in [-0.2, -0.15) is 0 Å². The predicted molar refractivity (Wildman–Crippen MR) is 80.3 cm³/mol. The first kappa shape index (κ1) is 17.9. The lowest BCUT2D eigenvalue weighted by Gasteiger charge is -2.10. The molecule has 0 saturated heterocycles. The van der Waals surface area contributed by atoms with Crippen molar-refractivity contribution in [3.8, 4) is 0 Å². The summed E-state index contributed by atoms with van der Waals surface area (Å²) in [6.45, 7) is -1.07. The lowest BCUT2D eigenvalue weighted by Crippen LogP contribution is -2.23. The zero-order chi connectivity index (χ0) is 17.4. The van der Waals surface area contributed by atoms with Crippen molar-refractivity contribution in [2.75, 3.05) is 25.6 Å². The number of nitrogens with zero attached hydrogens (tertiary/aromatic N) is 1. The van der Waals surface area contributed by atoms with Gasteiger partial charge in [-0.3, -0.25) is 4.79 Å². The van der Waals surface area contributed by atoms with Crippen molar-refractivity contribution in [2.45, 2.75) is 0 Å². The van der Waals surface area contributed by atoms with Gasteiger partial charge < -0.3 is 31.4 Å². The fourth-order valence-electron chi connectivity index (χ4n) is 1.53. The molecule has 0 aromatic heterocycles. The molecule has 23 heavy (non-hydrogen) atoms. The lowest BCUT2D eigenvalue weighted by molar-refractivity contribution is -0.143. The summed E-state index contributed by atoms with van der Waals surface area (Å²) in [7, 11) is 1.22. The maximum Gasteiger partial charge on any atom is 0.337 e. The Morgan fingerprint density at radius 3 is 2.52 bits per heavy atom. The highest BCUT2D eigenvalue weighted by Gasteiger charge is 2.12. The molecule has 1 aromatic rings. The van der Waals surface area contributed by atoms with E-state index < -0.39 is 31.1 Å². The van der Waals surface area contributed by atoms with Crippen LogP contribution < -0.4 is 16.8 Å². The normalized spacial score (nSPS) is 9.78. The van der Waals surface area contributed by atoms with Gasteiger partial charge in [0, 0.05) is 0 Å². The molecule has 0 bridgehead atoms. The number of aliphatic imine (C=N–C) groups is 1. The molecule has 0 unspecified atom stereocenters. The van der Waals surface area contributed by atoms with Crippen LogP contribution in [0.2, 0.25) is 0 Å². The van der Waals surface area contributed by atoms with Gasteiger partial charge in [0.05, 0.1) is 24.0 Å². The Morgan fingerprint density at radius 2 is 1.96 bits per heavy atom. The van der Waals surface area contributed by atoms with Gasteiger partial charge in [-0.1, -0.05) is 0 Å². The first-order valence-corrected chi connectivity index (χ1v) is 6.25. The second kappa shape index (κ2) is 8.34. The minimum atomic E-state index is -1.19. The highest BCUT2D eigenvalue weighted by atomic mass is 16.5. The third-order valence-electron chi connectivity index (χ3n) is 2.40. The Morgan fingerprint density at radius 1 is 1.26 bits per heavy atom. The zero-order valence-electron chi connectivity index (χ0n) is 12.2. The summed E-state index contributed by atoms with van der Waals surface area (Å²) in [5.74, 6) is -2.67. The molecule has 0 fully saturated rings. The number of hydrogen-bond donors (Lipinski definition) is 4. The van der Waals surface area contributed by atoms with Crippen LogP contribution in [0.25, 0.3) is 0 Å². The minimum Gasteiger partial charge on any atom is -0.480 e. The number of amides is 1. The molecule has 0 spiro atoms. The molecule has 1 rings (SSSR count). The fraction of sp³-hybridized carbons (Fsp3) is 0.231. The van der Waals surface area contributed by atoms with Gasteiger partial charge in [-0.15, -0.1) is 0 Å². The van der Waals surface area contributed by atoms with E-state index in [0.717, 1.165) is 0 Å². The molecule has 0 heterocycles. The van der Waals surface area contributed by atoms with E-state index in [0.29, 0.717) is 0 Å². The number of nitrogens with one attached hydrogen (secondary N) is 1. The van der Waals surface area contributed by atoms with Gasteiger partial charge in [0.1, 0.15) is 13.2 Å². The van der Waals surface area contributed by atoms with Crippen LogP contribution in [0.4, 0.5) is 11.4 Å². The van der Waals surface area contributed by atoms with E-state index in [1.165, 1.54) is 25.3 Å². The number of carbonyl (C=O) groups excluding carboxylic acids is 2. The molecule has 6 N–H and O–H groups in total. The quantitative estimate of drug-likeness (QED) is 0.293.